The number of aromatic nitrogens is 7. The highest BCUT2D eigenvalue weighted by atomic mass is 19.4. The average molecular weight is 394 g/mol. The van der Waals surface area contributed by atoms with Gasteiger partial charge >= 0.3 is 6.18 Å². The van der Waals surface area contributed by atoms with Crippen molar-refractivity contribution in [3.05, 3.63) is 30.1 Å². The molecule has 0 N–H and O–H groups in total. The molecule has 0 saturated carbocycles. The van der Waals surface area contributed by atoms with Crippen LogP contribution in [0.5, 0.6) is 0 Å². The highest BCUT2D eigenvalue weighted by Crippen LogP contribution is 2.32. The number of rotatable bonds is 4. The largest absolute Gasteiger partial charge is 0.416 e. The fraction of sp³-hybridized carbons (Fsp3) is 0.500. The minimum atomic E-state index is -4.42. The second-order valence-corrected chi connectivity index (χ2v) is 6.69. The molecule has 12 heteroatoms. The second-order valence-electron chi connectivity index (χ2n) is 6.69. The molecule has 0 spiro atoms. The molecule has 0 radical (unpaired) electrons. The summed E-state index contributed by atoms with van der Waals surface area (Å²) in [6, 6.07) is 3.28. The molecule has 148 valence electrons. The number of halogens is 3. The number of carbonyl (C=O) groups excluding carboxylic acids is 1. The van der Waals surface area contributed by atoms with Gasteiger partial charge in [0.25, 0.3) is 0 Å². The molecule has 1 unspecified atom stereocenters. The van der Waals surface area contributed by atoms with Gasteiger partial charge in [-0.05, 0) is 41.5 Å². The van der Waals surface area contributed by atoms with Gasteiger partial charge in [0, 0.05) is 19.5 Å². The summed E-state index contributed by atoms with van der Waals surface area (Å²) in [5.74, 6) is -0.0241. The number of aryl methyl sites for hydroxylation is 1. The molecule has 1 aliphatic rings. The molecule has 1 aromatic carbocycles. The van der Waals surface area contributed by atoms with Gasteiger partial charge < -0.3 is 4.90 Å². The van der Waals surface area contributed by atoms with Gasteiger partial charge in [0.05, 0.1) is 23.7 Å². The van der Waals surface area contributed by atoms with Crippen LogP contribution < -0.4 is 0 Å². The van der Waals surface area contributed by atoms with E-state index in [1.807, 2.05) is 0 Å². The summed E-state index contributed by atoms with van der Waals surface area (Å²) >= 11 is 0. The van der Waals surface area contributed by atoms with E-state index >= 15 is 0 Å². The SMILES string of the molecule is O=C(CCn1cnnn1)N1CCCC(n2nnc3cc(C(F)(F)F)ccc32)C1. The zero-order valence-corrected chi connectivity index (χ0v) is 14.7. The van der Waals surface area contributed by atoms with Gasteiger partial charge in [-0.1, -0.05) is 5.21 Å². The maximum atomic E-state index is 12.9. The molecular formula is C16H17F3N8O. The third kappa shape index (κ3) is 3.66. The number of hydrogen-bond donors (Lipinski definition) is 0. The lowest BCUT2D eigenvalue weighted by Crippen LogP contribution is -2.41. The van der Waals surface area contributed by atoms with Crippen molar-refractivity contribution in [3.8, 4) is 0 Å². The number of hydrogen-bond acceptors (Lipinski definition) is 6. The topological polar surface area (TPSA) is 94.6 Å². The zero-order chi connectivity index (χ0) is 19.7. The number of nitrogens with zero attached hydrogens (tertiary/aromatic N) is 8. The number of fused-ring (bicyclic) bond motifs is 1. The van der Waals surface area contributed by atoms with Gasteiger partial charge in [0.2, 0.25) is 5.91 Å². The van der Waals surface area contributed by atoms with Crippen LogP contribution in [0.15, 0.2) is 24.5 Å². The lowest BCUT2D eigenvalue weighted by atomic mass is 10.0. The smallest absolute Gasteiger partial charge is 0.340 e. The Balaban J connectivity index is 1.47. The normalized spacial score (nSPS) is 18.0. The molecule has 0 bridgehead atoms. The fourth-order valence-corrected chi connectivity index (χ4v) is 3.42. The molecule has 1 saturated heterocycles. The van der Waals surface area contributed by atoms with Crippen molar-refractivity contribution in [1.29, 1.82) is 0 Å². The first-order valence-electron chi connectivity index (χ1n) is 8.82. The molecular weight excluding hydrogens is 377 g/mol. The van der Waals surface area contributed by atoms with Crippen LogP contribution in [0.2, 0.25) is 0 Å². The predicted octanol–water partition coefficient (Wildman–Crippen LogP) is 1.69. The number of tetrazole rings is 1. The molecule has 28 heavy (non-hydrogen) atoms. The molecule has 1 amide bonds. The first-order chi connectivity index (χ1) is 13.4. The van der Waals surface area contributed by atoms with Crippen LogP contribution in [0.1, 0.15) is 30.9 Å². The Kier molecular flexibility index (Phi) is 4.69. The summed E-state index contributed by atoms with van der Waals surface area (Å²) in [4.78, 5) is 14.2. The molecule has 3 aromatic rings. The fourth-order valence-electron chi connectivity index (χ4n) is 3.42. The third-order valence-corrected chi connectivity index (χ3v) is 4.84. The number of benzene rings is 1. The van der Waals surface area contributed by atoms with Gasteiger partial charge in [-0.3, -0.25) is 4.79 Å². The Bertz CT molecular complexity index is 968. The zero-order valence-electron chi connectivity index (χ0n) is 14.7. The van der Waals surface area contributed by atoms with Crippen LogP contribution in [0.25, 0.3) is 11.0 Å². The van der Waals surface area contributed by atoms with Crippen LogP contribution in [0, 0.1) is 0 Å². The molecule has 1 aliphatic heterocycles. The minimum absolute atomic E-state index is 0.0241. The van der Waals surface area contributed by atoms with Crippen molar-refractivity contribution in [2.45, 2.75) is 38.0 Å². The molecule has 2 aromatic heterocycles. The average Bonchev–Trinajstić information content (AvgIpc) is 3.34. The number of alkyl halides is 3. The summed E-state index contributed by atoms with van der Waals surface area (Å²) in [7, 11) is 0. The number of piperidine rings is 1. The van der Waals surface area contributed by atoms with E-state index in [0.717, 1.165) is 25.0 Å². The van der Waals surface area contributed by atoms with Crippen molar-refractivity contribution in [3.63, 3.8) is 0 Å². The van der Waals surface area contributed by atoms with E-state index in [4.69, 9.17) is 0 Å². The molecule has 9 nitrogen and oxygen atoms in total. The highest BCUT2D eigenvalue weighted by Gasteiger charge is 2.32. The van der Waals surface area contributed by atoms with E-state index in [-0.39, 0.29) is 23.9 Å². The Morgan fingerprint density at radius 3 is 2.86 bits per heavy atom. The lowest BCUT2D eigenvalue weighted by molar-refractivity contribution is -0.137. The molecule has 1 atom stereocenters. The molecule has 3 heterocycles. The first kappa shape index (κ1) is 18.3. The van der Waals surface area contributed by atoms with Crippen LogP contribution in [-0.4, -0.2) is 59.1 Å². The highest BCUT2D eigenvalue weighted by molar-refractivity contribution is 5.77. The van der Waals surface area contributed by atoms with Gasteiger partial charge in [0.15, 0.2) is 0 Å². The maximum Gasteiger partial charge on any atom is 0.416 e. The van der Waals surface area contributed by atoms with Crippen LogP contribution in [-0.2, 0) is 17.5 Å². The van der Waals surface area contributed by atoms with E-state index in [9.17, 15) is 18.0 Å². The summed E-state index contributed by atoms with van der Waals surface area (Å²) in [6.07, 6.45) is -1.15. The maximum absolute atomic E-state index is 12.9. The number of likely N-dealkylation sites (tertiary alicyclic amines) is 1. The second kappa shape index (κ2) is 7.17. The summed E-state index contributed by atoms with van der Waals surface area (Å²) in [6.45, 7) is 1.46. The first-order valence-corrected chi connectivity index (χ1v) is 8.82. The summed E-state index contributed by atoms with van der Waals surface area (Å²) < 4.78 is 41.7. The number of amides is 1. The van der Waals surface area contributed by atoms with Gasteiger partial charge in [-0.25, -0.2) is 9.36 Å². The van der Waals surface area contributed by atoms with Crippen LogP contribution >= 0.6 is 0 Å². The summed E-state index contributed by atoms with van der Waals surface area (Å²) in [5.41, 5.74) is -0.0342. The molecule has 0 aliphatic carbocycles. The third-order valence-electron chi connectivity index (χ3n) is 4.84. The van der Waals surface area contributed by atoms with Gasteiger partial charge in [-0.2, -0.15) is 13.2 Å². The Labute approximate surface area is 157 Å². The molecule has 4 rings (SSSR count). The van der Waals surface area contributed by atoms with Crippen molar-refractivity contribution in [1.82, 2.24) is 40.1 Å². The standard InChI is InChI=1S/C16H17F3N8O/c17-16(18,19)11-3-4-14-13(8-11)21-23-27(14)12-2-1-6-25(9-12)15(28)5-7-26-10-20-22-24-26/h3-4,8,10,12H,1-2,5-7,9H2. The van der Waals surface area contributed by atoms with E-state index < -0.39 is 11.7 Å². The van der Waals surface area contributed by atoms with Crippen LogP contribution in [0.3, 0.4) is 0 Å². The number of carbonyl (C=O) groups is 1. The minimum Gasteiger partial charge on any atom is -0.340 e. The lowest BCUT2D eigenvalue weighted by Gasteiger charge is -2.33. The van der Waals surface area contributed by atoms with E-state index in [1.165, 1.54) is 17.1 Å². The van der Waals surface area contributed by atoms with E-state index in [0.29, 0.717) is 25.2 Å². The van der Waals surface area contributed by atoms with Crippen molar-refractivity contribution < 1.29 is 18.0 Å². The Morgan fingerprint density at radius 1 is 1.25 bits per heavy atom. The quantitative estimate of drug-likeness (QED) is 0.668. The Morgan fingerprint density at radius 2 is 2.11 bits per heavy atom. The van der Waals surface area contributed by atoms with Gasteiger partial charge in [0.1, 0.15) is 11.8 Å². The van der Waals surface area contributed by atoms with Crippen LogP contribution in [0.4, 0.5) is 13.2 Å². The molecule has 1 fully saturated rings. The van der Waals surface area contributed by atoms with Gasteiger partial charge in [-0.15, -0.1) is 10.2 Å². The van der Waals surface area contributed by atoms with Crippen molar-refractivity contribution >= 4 is 16.9 Å². The van der Waals surface area contributed by atoms with Crippen molar-refractivity contribution in [2.75, 3.05) is 13.1 Å². The monoisotopic (exact) mass is 394 g/mol. The summed E-state index contributed by atoms with van der Waals surface area (Å²) in [5, 5.41) is 18.7. The van der Waals surface area contributed by atoms with E-state index in [2.05, 4.69) is 25.8 Å². The van der Waals surface area contributed by atoms with E-state index in [1.54, 1.807) is 9.58 Å². The van der Waals surface area contributed by atoms with Crippen molar-refractivity contribution in [2.24, 2.45) is 0 Å². The predicted molar refractivity (Wildman–Crippen MR) is 89.8 cm³/mol. The Hall–Kier alpha value is -3.05.